The van der Waals surface area contributed by atoms with E-state index in [0.717, 1.165) is 17.0 Å². The van der Waals surface area contributed by atoms with Crippen LogP contribution in [0.15, 0.2) is 0 Å². The fraction of sp³-hybridized carbons (Fsp3) is 0.733. The van der Waals surface area contributed by atoms with Crippen LogP contribution in [0.4, 0.5) is 0 Å². The van der Waals surface area contributed by atoms with E-state index in [1.165, 1.54) is 62.0 Å². The summed E-state index contributed by atoms with van der Waals surface area (Å²) in [6.07, 6.45) is 10.2. The molecule has 1 aromatic heterocycles. The zero-order chi connectivity index (χ0) is 12.5. The van der Waals surface area contributed by atoms with Crippen molar-refractivity contribution in [3.63, 3.8) is 0 Å². The van der Waals surface area contributed by atoms with Crippen molar-refractivity contribution in [3.8, 4) is 0 Å². The molecule has 0 atom stereocenters. The van der Waals surface area contributed by atoms with Gasteiger partial charge in [0.1, 0.15) is 10.5 Å². The molecule has 0 aliphatic heterocycles. The van der Waals surface area contributed by atoms with Crippen molar-refractivity contribution in [3.05, 3.63) is 21.7 Å². The van der Waals surface area contributed by atoms with Gasteiger partial charge in [0.15, 0.2) is 0 Å². The lowest BCUT2D eigenvalue weighted by Gasteiger charge is -2.27. The maximum Gasteiger partial charge on any atom is 0.133 e. The molecule has 1 fully saturated rings. The van der Waals surface area contributed by atoms with Crippen molar-refractivity contribution in [2.24, 2.45) is 5.92 Å². The minimum Gasteiger partial charge on any atom is -0.347 e. The summed E-state index contributed by atoms with van der Waals surface area (Å²) in [5, 5.41) is 0. The summed E-state index contributed by atoms with van der Waals surface area (Å²) < 4.78 is 0.869. The minimum absolute atomic E-state index is 0.625. The third kappa shape index (κ3) is 2.25. The summed E-state index contributed by atoms with van der Waals surface area (Å²) >= 11 is 5.45. The van der Waals surface area contributed by atoms with Gasteiger partial charge >= 0.3 is 0 Å². The number of aromatic amines is 1. The number of nitrogens with zero attached hydrogens (tertiary/aromatic N) is 1. The van der Waals surface area contributed by atoms with Crippen molar-refractivity contribution < 1.29 is 0 Å². The highest BCUT2D eigenvalue weighted by Gasteiger charge is 2.24. The van der Waals surface area contributed by atoms with E-state index < -0.39 is 0 Å². The van der Waals surface area contributed by atoms with Gasteiger partial charge in [-0.15, -0.1) is 0 Å². The standard InChI is InChI=1S/C15H22N2S/c1-2-10-6-8-11(9-7-10)14-16-13-5-3-4-12(13)15(18)17-14/h10-11H,2-9H2,1H3,(H,16,17,18). The van der Waals surface area contributed by atoms with Crippen LogP contribution in [0.25, 0.3) is 0 Å². The van der Waals surface area contributed by atoms with Crippen LogP contribution >= 0.6 is 12.2 Å². The third-order valence-electron chi connectivity index (χ3n) is 4.79. The second kappa shape index (κ2) is 5.12. The number of hydrogen-bond acceptors (Lipinski definition) is 2. The summed E-state index contributed by atoms with van der Waals surface area (Å²) in [7, 11) is 0. The van der Waals surface area contributed by atoms with Gasteiger partial charge in [-0.2, -0.15) is 0 Å². The van der Waals surface area contributed by atoms with Gasteiger partial charge in [-0.05, 0) is 50.9 Å². The highest BCUT2D eigenvalue weighted by Crippen LogP contribution is 2.36. The Morgan fingerprint density at radius 3 is 2.72 bits per heavy atom. The number of aromatic nitrogens is 2. The van der Waals surface area contributed by atoms with Gasteiger partial charge in [-0.25, -0.2) is 4.98 Å². The van der Waals surface area contributed by atoms with Gasteiger partial charge in [-0.1, -0.05) is 25.6 Å². The Labute approximate surface area is 114 Å². The molecule has 0 amide bonds. The Hall–Kier alpha value is -0.700. The van der Waals surface area contributed by atoms with E-state index in [-0.39, 0.29) is 0 Å². The Balaban J connectivity index is 1.81. The second-order valence-corrected chi connectivity index (χ2v) is 6.25. The molecule has 0 radical (unpaired) electrons. The van der Waals surface area contributed by atoms with E-state index in [2.05, 4.69) is 16.9 Å². The molecule has 0 bridgehead atoms. The van der Waals surface area contributed by atoms with Gasteiger partial charge < -0.3 is 4.98 Å². The Bertz CT molecular complexity index is 484. The highest BCUT2D eigenvalue weighted by atomic mass is 32.1. The lowest BCUT2D eigenvalue weighted by molar-refractivity contribution is 0.311. The summed E-state index contributed by atoms with van der Waals surface area (Å²) in [6.45, 7) is 2.31. The Kier molecular flexibility index (Phi) is 3.51. The first kappa shape index (κ1) is 12.3. The number of H-pyrrole nitrogens is 1. The van der Waals surface area contributed by atoms with E-state index in [0.29, 0.717) is 5.92 Å². The van der Waals surface area contributed by atoms with Crippen molar-refractivity contribution in [2.75, 3.05) is 0 Å². The molecular weight excluding hydrogens is 240 g/mol. The van der Waals surface area contributed by atoms with Crippen molar-refractivity contribution in [1.29, 1.82) is 0 Å². The highest BCUT2D eigenvalue weighted by molar-refractivity contribution is 7.71. The normalized spacial score (nSPS) is 27.2. The van der Waals surface area contributed by atoms with Crippen LogP contribution in [0.2, 0.25) is 0 Å². The van der Waals surface area contributed by atoms with Crippen LogP contribution in [0.5, 0.6) is 0 Å². The van der Waals surface area contributed by atoms with Crippen LogP contribution in [0, 0.1) is 10.6 Å². The molecule has 1 N–H and O–H groups in total. The lowest BCUT2D eigenvalue weighted by atomic mass is 9.80. The van der Waals surface area contributed by atoms with E-state index in [1.807, 2.05) is 0 Å². The molecule has 2 aliphatic carbocycles. The molecule has 1 saturated carbocycles. The van der Waals surface area contributed by atoms with E-state index >= 15 is 0 Å². The monoisotopic (exact) mass is 262 g/mol. The topological polar surface area (TPSA) is 28.7 Å². The maximum absolute atomic E-state index is 5.45. The van der Waals surface area contributed by atoms with Crippen LogP contribution in [0.3, 0.4) is 0 Å². The van der Waals surface area contributed by atoms with E-state index in [4.69, 9.17) is 12.2 Å². The number of nitrogens with one attached hydrogen (secondary N) is 1. The van der Waals surface area contributed by atoms with Crippen molar-refractivity contribution in [2.45, 2.75) is 64.2 Å². The van der Waals surface area contributed by atoms with Gasteiger partial charge in [-0.3, -0.25) is 0 Å². The molecule has 0 saturated heterocycles. The molecule has 98 valence electrons. The molecule has 2 nitrogen and oxygen atoms in total. The SMILES string of the molecule is CCC1CCC(c2nc(=S)c3c([nH]2)CCC3)CC1. The molecule has 1 heterocycles. The second-order valence-electron chi connectivity index (χ2n) is 5.86. The maximum atomic E-state index is 5.45. The molecule has 3 rings (SSSR count). The summed E-state index contributed by atoms with van der Waals surface area (Å²) in [6, 6.07) is 0. The molecular formula is C15H22N2S. The number of aryl methyl sites for hydroxylation is 1. The first-order valence-electron chi connectivity index (χ1n) is 7.40. The Morgan fingerprint density at radius 2 is 2.00 bits per heavy atom. The number of rotatable bonds is 2. The molecule has 0 unspecified atom stereocenters. The van der Waals surface area contributed by atoms with Crippen LogP contribution in [-0.4, -0.2) is 9.97 Å². The molecule has 2 aliphatic rings. The average molecular weight is 262 g/mol. The van der Waals surface area contributed by atoms with Crippen LogP contribution in [-0.2, 0) is 12.8 Å². The quantitative estimate of drug-likeness (QED) is 0.804. The minimum atomic E-state index is 0.625. The van der Waals surface area contributed by atoms with Crippen molar-refractivity contribution in [1.82, 2.24) is 9.97 Å². The largest absolute Gasteiger partial charge is 0.347 e. The fourth-order valence-corrected chi connectivity index (χ4v) is 3.84. The van der Waals surface area contributed by atoms with Gasteiger partial charge in [0.2, 0.25) is 0 Å². The molecule has 3 heteroatoms. The van der Waals surface area contributed by atoms with Crippen LogP contribution in [0.1, 0.15) is 68.4 Å². The van der Waals surface area contributed by atoms with Gasteiger partial charge in [0.25, 0.3) is 0 Å². The van der Waals surface area contributed by atoms with E-state index in [1.54, 1.807) is 0 Å². The molecule has 1 aromatic rings. The Morgan fingerprint density at radius 1 is 1.22 bits per heavy atom. The predicted molar refractivity (Wildman–Crippen MR) is 76.4 cm³/mol. The molecule has 18 heavy (non-hydrogen) atoms. The molecule has 0 spiro atoms. The zero-order valence-electron chi connectivity index (χ0n) is 11.2. The molecule has 0 aromatic carbocycles. The van der Waals surface area contributed by atoms with Crippen molar-refractivity contribution >= 4 is 12.2 Å². The predicted octanol–water partition coefficient (Wildman–Crippen LogP) is 4.31. The summed E-state index contributed by atoms with van der Waals surface area (Å²) in [4.78, 5) is 8.27. The number of hydrogen-bond donors (Lipinski definition) is 1. The van der Waals surface area contributed by atoms with Crippen LogP contribution < -0.4 is 0 Å². The first-order chi connectivity index (χ1) is 8.78. The first-order valence-corrected chi connectivity index (χ1v) is 7.80. The summed E-state index contributed by atoms with van der Waals surface area (Å²) in [5.41, 5.74) is 2.69. The third-order valence-corrected chi connectivity index (χ3v) is 5.13. The number of fused-ring (bicyclic) bond motifs is 1. The van der Waals surface area contributed by atoms with Gasteiger partial charge in [0, 0.05) is 17.2 Å². The van der Waals surface area contributed by atoms with Gasteiger partial charge in [0.05, 0.1) is 0 Å². The smallest absolute Gasteiger partial charge is 0.133 e. The fourth-order valence-electron chi connectivity index (χ4n) is 3.51. The van der Waals surface area contributed by atoms with E-state index in [9.17, 15) is 0 Å². The summed E-state index contributed by atoms with van der Waals surface area (Å²) in [5.74, 6) is 2.74. The average Bonchev–Trinajstić information content (AvgIpc) is 2.88. The zero-order valence-corrected chi connectivity index (χ0v) is 12.0. The lowest BCUT2D eigenvalue weighted by Crippen LogP contribution is -2.15.